The molecular weight excluding hydrogens is 236 g/mol. The van der Waals surface area contributed by atoms with Crippen LogP contribution in [0.2, 0.25) is 0 Å². The van der Waals surface area contributed by atoms with Crippen LogP contribution >= 0.6 is 0 Å². The van der Waals surface area contributed by atoms with Crippen molar-refractivity contribution in [3.05, 3.63) is 33.9 Å². The van der Waals surface area contributed by atoms with E-state index >= 15 is 0 Å². The molecule has 0 saturated heterocycles. The third-order valence-electron chi connectivity index (χ3n) is 2.27. The number of carboxylic acid groups (broad SMARTS) is 1. The summed E-state index contributed by atoms with van der Waals surface area (Å²) < 4.78 is 0. The van der Waals surface area contributed by atoms with Crippen molar-refractivity contribution in [2.24, 2.45) is 5.41 Å². The summed E-state index contributed by atoms with van der Waals surface area (Å²) in [6.45, 7) is 6.30. The lowest BCUT2D eigenvalue weighted by Crippen LogP contribution is -2.21. The molecule has 0 amide bonds. The summed E-state index contributed by atoms with van der Waals surface area (Å²) in [6, 6.07) is 4.00. The van der Waals surface area contributed by atoms with Crippen LogP contribution in [-0.4, -0.2) is 22.5 Å². The van der Waals surface area contributed by atoms with Crippen LogP contribution in [0.15, 0.2) is 18.2 Å². The van der Waals surface area contributed by atoms with Crippen molar-refractivity contribution in [3.63, 3.8) is 0 Å². The van der Waals surface area contributed by atoms with Crippen molar-refractivity contribution in [1.29, 1.82) is 0 Å². The van der Waals surface area contributed by atoms with E-state index in [1.807, 2.05) is 20.8 Å². The van der Waals surface area contributed by atoms with Gasteiger partial charge in [-0.05, 0) is 11.5 Å². The SMILES string of the molecule is CC(C)(C)CNc1c(C(=O)O)cccc1[N+](=O)[O-]. The molecule has 0 aliphatic rings. The number of aromatic carboxylic acids is 1. The number of nitro groups is 1. The molecule has 0 aromatic heterocycles. The van der Waals surface area contributed by atoms with Crippen LogP contribution in [0.25, 0.3) is 0 Å². The van der Waals surface area contributed by atoms with Gasteiger partial charge in [0.1, 0.15) is 5.69 Å². The van der Waals surface area contributed by atoms with Gasteiger partial charge in [0.05, 0.1) is 10.5 Å². The van der Waals surface area contributed by atoms with Crippen molar-refractivity contribution in [3.8, 4) is 0 Å². The highest BCUT2D eigenvalue weighted by Crippen LogP contribution is 2.29. The van der Waals surface area contributed by atoms with Crippen LogP contribution in [0.1, 0.15) is 31.1 Å². The Bertz CT molecular complexity index is 445. The Morgan fingerprint density at radius 2 is 2.06 bits per heavy atom. The van der Waals surface area contributed by atoms with Crippen LogP contribution in [0.5, 0.6) is 0 Å². The maximum atomic E-state index is 11.1. The lowest BCUT2D eigenvalue weighted by molar-refractivity contribution is -0.384. The van der Waals surface area contributed by atoms with E-state index in [0.717, 1.165) is 0 Å². The molecule has 0 bridgehead atoms. The van der Waals surface area contributed by atoms with E-state index < -0.39 is 10.9 Å². The highest BCUT2D eigenvalue weighted by atomic mass is 16.6. The molecule has 6 heteroatoms. The van der Waals surface area contributed by atoms with E-state index in [0.29, 0.717) is 6.54 Å². The predicted octanol–water partition coefficient (Wildman–Crippen LogP) is 2.75. The molecule has 0 spiro atoms. The minimum absolute atomic E-state index is 0.0601. The fourth-order valence-electron chi connectivity index (χ4n) is 1.41. The number of rotatable bonds is 4. The highest BCUT2D eigenvalue weighted by molar-refractivity contribution is 5.96. The molecule has 0 aliphatic heterocycles. The molecule has 0 radical (unpaired) electrons. The van der Waals surface area contributed by atoms with Gasteiger partial charge in [-0.1, -0.05) is 26.8 Å². The summed E-state index contributed by atoms with van der Waals surface area (Å²) in [5, 5.41) is 22.8. The third kappa shape index (κ3) is 3.44. The van der Waals surface area contributed by atoms with Crippen LogP contribution in [0, 0.1) is 15.5 Å². The van der Waals surface area contributed by atoms with E-state index in [4.69, 9.17) is 5.11 Å². The van der Waals surface area contributed by atoms with Crippen molar-refractivity contribution in [1.82, 2.24) is 0 Å². The first kappa shape index (κ1) is 14.0. The Morgan fingerprint density at radius 1 is 1.44 bits per heavy atom. The Balaban J connectivity index is 3.19. The van der Waals surface area contributed by atoms with E-state index in [2.05, 4.69) is 5.32 Å². The van der Waals surface area contributed by atoms with Gasteiger partial charge in [0.2, 0.25) is 0 Å². The second-order valence-electron chi connectivity index (χ2n) is 5.18. The van der Waals surface area contributed by atoms with Gasteiger partial charge in [-0.15, -0.1) is 0 Å². The van der Waals surface area contributed by atoms with Crippen LogP contribution < -0.4 is 5.32 Å². The predicted molar refractivity (Wildman–Crippen MR) is 68.0 cm³/mol. The van der Waals surface area contributed by atoms with E-state index in [-0.39, 0.29) is 22.4 Å². The monoisotopic (exact) mass is 252 g/mol. The van der Waals surface area contributed by atoms with E-state index in [1.165, 1.54) is 18.2 Å². The molecule has 0 unspecified atom stereocenters. The Labute approximate surface area is 105 Å². The summed E-state index contributed by atoms with van der Waals surface area (Å²) in [5.41, 5.74) is -0.364. The van der Waals surface area contributed by atoms with Crippen LogP contribution in [0.3, 0.4) is 0 Å². The molecule has 0 atom stereocenters. The third-order valence-corrected chi connectivity index (χ3v) is 2.27. The maximum absolute atomic E-state index is 11.1. The smallest absolute Gasteiger partial charge is 0.338 e. The number of nitrogens with one attached hydrogen (secondary N) is 1. The van der Waals surface area contributed by atoms with E-state index in [1.54, 1.807) is 0 Å². The van der Waals surface area contributed by atoms with Crippen molar-refractivity contribution in [2.45, 2.75) is 20.8 Å². The number of carbonyl (C=O) groups is 1. The summed E-state index contributed by atoms with van der Waals surface area (Å²) >= 11 is 0. The molecule has 1 aromatic carbocycles. The summed E-state index contributed by atoms with van der Waals surface area (Å²) in [6.07, 6.45) is 0. The van der Waals surface area contributed by atoms with Gasteiger partial charge in [0, 0.05) is 12.6 Å². The normalized spacial score (nSPS) is 11.1. The largest absolute Gasteiger partial charge is 0.478 e. The number of anilines is 1. The number of benzene rings is 1. The molecule has 0 heterocycles. The molecule has 2 N–H and O–H groups in total. The molecule has 1 rings (SSSR count). The van der Waals surface area contributed by atoms with Gasteiger partial charge in [0.15, 0.2) is 0 Å². The number of hydrogen-bond acceptors (Lipinski definition) is 4. The van der Waals surface area contributed by atoms with Crippen molar-refractivity contribution >= 4 is 17.3 Å². The number of carboxylic acids is 1. The zero-order valence-corrected chi connectivity index (χ0v) is 10.6. The van der Waals surface area contributed by atoms with Crippen LogP contribution in [0.4, 0.5) is 11.4 Å². The topological polar surface area (TPSA) is 92.5 Å². The second kappa shape index (κ2) is 5.03. The Morgan fingerprint density at radius 3 is 2.50 bits per heavy atom. The highest BCUT2D eigenvalue weighted by Gasteiger charge is 2.22. The number of nitrogens with zero attached hydrogens (tertiary/aromatic N) is 1. The minimum atomic E-state index is -1.19. The van der Waals surface area contributed by atoms with Gasteiger partial charge in [-0.3, -0.25) is 10.1 Å². The molecule has 18 heavy (non-hydrogen) atoms. The van der Waals surface area contributed by atoms with Crippen molar-refractivity contribution < 1.29 is 14.8 Å². The fraction of sp³-hybridized carbons (Fsp3) is 0.417. The Kier molecular flexibility index (Phi) is 3.90. The van der Waals surface area contributed by atoms with Gasteiger partial charge in [-0.2, -0.15) is 0 Å². The second-order valence-corrected chi connectivity index (χ2v) is 5.18. The molecule has 0 fully saturated rings. The summed E-state index contributed by atoms with van der Waals surface area (Å²) in [5.74, 6) is -1.19. The van der Waals surface area contributed by atoms with Gasteiger partial charge in [0.25, 0.3) is 5.69 Å². The maximum Gasteiger partial charge on any atom is 0.338 e. The molecule has 0 saturated carbocycles. The number of para-hydroxylation sites is 1. The molecule has 6 nitrogen and oxygen atoms in total. The van der Waals surface area contributed by atoms with Crippen molar-refractivity contribution in [2.75, 3.05) is 11.9 Å². The van der Waals surface area contributed by atoms with Gasteiger partial charge >= 0.3 is 5.97 Å². The molecule has 98 valence electrons. The zero-order valence-electron chi connectivity index (χ0n) is 10.6. The molecule has 0 aliphatic carbocycles. The lowest BCUT2D eigenvalue weighted by Gasteiger charge is -2.20. The zero-order chi connectivity index (χ0) is 13.9. The number of hydrogen-bond donors (Lipinski definition) is 2. The number of nitro benzene ring substituents is 1. The standard InChI is InChI=1S/C12H16N2O4/c1-12(2,3)7-13-10-8(11(15)16)5-4-6-9(10)14(17)18/h4-6,13H,7H2,1-3H3,(H,15,16). The molecule has 1 aromatic rings. The quantitative estimate of drug-likeness (QED) is 0.635. The summed E-state index contributed by atoms with van der Waals surface area (Å²) in [7, 11) is 0. The fourth-order valence-corrected chi connectivity index (χ4v) is 1.41. The minimum Gasteiger partial charge on any atom is -0.478 e. The van der Waals surface area contributed by atoms with Crippen LogP contribution in [-0.2, 0) is 0 Å². The first-order valence-corrected chi connectivity index (χ1v) is 5.47. The molecular formula is C12H16N2O4. The van der Waals surface area contributed by atoms with Gasteiger partial charge in [-0.25, -0.2) is 4.79 Å². The van der Waals surface area contributed by atoms with E-state index in [9.17, 15) is 14.9 Å². The average molecular weight is 252 g/mol. The van der Waals surface area contributed by atoms with Gasteiger partial charge < -0.3 is 10.4 Å². The average Bonchev–Trinajstić information content (AvgIpc) is 2.24. The first-order chi connectivity index (χ1) is 8.22. The lowest BCUT2D eigenvalue weighted by atomic mass is 9.96. The Hall–Kier alpha value is -2.11. The first-order valence-electron chi connectivity index (χ1n) is 5.47. The summed E-state index contributed by atoms with van der Waals surface area (Å²) in [4.78, 5) is 21.4.